The van der Waals surface area contributed by atoms with Gasteiger partial charge in [0.2, 0.25) is 0 Å². The maximum Gasteiger partial charge on any atom is 0.154 e. The summed E-state index contributed by atoms with van der Waals surface area (Å²) in [5.74, 6) is 1.85. The van der Waals surface area contributed by atoms with Crippen LogP contribution in [0, 0.1) is 0 Å². The lowest BCUT2D eigenvalue weighted by atomic mass is 10.1. The van der Waals surface area contributed by atoms with Gasteiger partial charge in [-0.2, -0.15) is 5.10 Å². The SMILES string of the molecule is COCCN(CCCl)c1nccn2nc(C(C)C)cc12. The van der Waals surface area contributed by atoms with Gasteiger partial charge in [0.15, 0.2) is 5.82 Å². The summed E-state index contributed by atoms with van der Waals surface area (Å²) in [5.41, 5.74) is 2.08. The molecule has 0 bridgehead atoms. The topological polar surface area (TPSA) is 42.7 Å². The lowest BCUT2D eigenvalue weighted by Crippen LogP contribution is -2.30. The van der Waals surface area contributed by atoms with Crippen LogP contribution >= 0.6 is 11.6 Å². The van der Waals surface area contributed by atoms with Crippen molar-refractivity contribution < 1.29 is 4.74 Å². The number of rotatable bonds is 7. The average Bonchev–Trinajstić information content (AvgIpc) is 2.87. The highest BCUT2D eigenvalue weighted by Crippen LogP contribution is 2.22. The molecule has 2 aromatic rings. The van der Waals surface area contributed by atoms with Crippen molar-refractivity contribution in [2.45, 2.75) is 19.8 Å². The summed E-state index contributed by atoms with van der Waals surface area (Å²) in [6.45, 7) is 6.41. The number of nitrogens with zero attached hydrogens (tertiary/aromatic N) is 4. The molecule has 0 saturated heterocycles. The van der Waals surface area contributed by atoms with Crippen LogP contribution < -0.4 is 4.90 Å². The second-order valence-electron chi connectivity index (χ2n) is 4.97. The van der Waals surface area contributed by atoms with Crippen LogP contribution in [0.3, 0.4) is 0 Å². The molecule has 20 heavy (non-hydrogen) atoms. The molecule has 0 radical (unpaired) electrons. The summed E-state index contributed by atoms with van der Waals surface area (Å²) in [6, 6.07) is 2.10. The van der Waals surface area contributed by atoms with Gasteiger partial charge in [0.1, 0.15) is 5.52 Å². The van der Waals surface area contributed by atoms with Crippen LogP contribution in [-0.2, 0) is 4.74 Å². The van der Waals surface area contributed by atoms with Gasteiger partial charge in [0.05, 0.1) is 12.3 Å². The van der Waals surface area contributed by atoms with Gasteiger partial charge >= 0.3 is 0 Å². The zero-order valence-corrected chi connectivity index (χ0v) is 13.0. The molecule has 2 aromatic heterocycles. The fourth-order valence-electron chi connectivity index (χ4n) is 2.08. The minimum absolute atomic E-state index is 0.392. The molecule has 0 unspecified atom stereocenters. The predicted octanol–water partition coefficient (Wildman–Crippen LogP) is 2.54. The summed E-state index contributed by atoms with van der Waals surface area (Å²) < 4.78 is 7.04. The Labute approximate surface area is 124 Å². The summed E-state index contributed by atoms with van der Waals surface area (Å²) in [5, 5.41) is 4.58. The molecule has 0 amide bonds. The number of hydrogen-bond donors (Lipinski definition) is 0. The Morgan fingerprint density at radius 3 is 2.85 bits per heavy atom. The first-order valence-corrected chi connectivity index (χ1v) is 7.35. The fourth-order valence-corrected chi connectivity index (χ4v) is 2.28. The highest BCUT2D eigenvalue weighted by Gasteiger charge is 2.14. The maximum atomic E-state index is 5.90. The first-order chi connectivity index (χ1) is 9.67. The lowest BCUT2D eigenvalue weighted by Gasteiger charge is -2.22. The molecule has 0 fully saturated rings. The molecule has 0 aliphatic rings. The van der Waals surface area contributed by atoms with Crippen molar-refractivity contribution >= 4 is 22.9 Å². The molecule has 110 valence electrons. The van der Waals surface area contributed by atoms with E-state index < -0.39 is 0 Å². The number of ether oxygens (including phenoxy) is 1. The molecule has 2 rings (SSSR count). The van der Waals surface area contributed by atoms with Gasteiger partial charge < -0.3 is 9.64 Å². The molecular weight excluding hydrogens is 276 g/mol. The van der Waals surface area contributed by atoms with Gasteiger partial charge in [0.25, 0.3) is 0 Å². The summed E-state index contributed by atoms with van der Waals surface area (Å²) in [7, 11) is 1.70. The van der Waals surface area contributed by atoms with Crippen LogP contribution in [0.25, 0.3) is 5.52 Å². The smallest absolute Gasteiger partial charge is 0.154 e. The highest BCUT2D eigenvalue weighted by molar-refractivity contribution is 6.18. The Morgan fingerprint density at radius 1 is 1.40 bits per heavy atom. The maximum absolute atomic E-state index is 5.90. The van der Waals surface area contributed by atoms with Crippen LogP contribution in [0.4, 0.5) is 5.82 Å². The Kier molecular flexibility index (Phi) is 5.20. The van der Waals surface area contributed by atoms with E-state index in [-0.39, 0.29) is 0 Å². The van der Waals surface area contributed by atoms with Gasteiger partial charge in [-0.05, 0) is 12.0 Å². The summed E-state index contributed by atoms with van der Waals surface area (Å²) >= 11 is 5.90. The number of hydrogen-bond acceptors (Lipinski definition) is 4. The van der Waals surface area contributed by atoms with Gasteiger partial charge in [0, 0.05) is 38.5 Å². The molecule has 0 aromatic carbocycles. The Bertz CT molecular complexity index is 555. The Morgan fingerprint density at radius 2 is 2.20 bits per heavy atom. The van der Waals surface area contributed by atoms with Crippen molar-refractivity contribution in [3.63, 3.8) is 0 Å². The van der Waals surface area contributed by atoms with E-state index in [2.05, 4.69) is 34.9 Å². The standard InChI is InChI=1S/C14H21ClN4O/c1-11(2)12-10-13-14(16-5-7-19(13)17-12)18(6-4-15)8-9-20-3/h5,7,10-11H,4,6,8-9H2,1-3H3. The van der Waals surface area contributed by atoms with E-state index in [1.54, 1.807) is 13.3 Å². The van der Waals surface area contributed by atoms with Crippen molar-refractivity contribution in [3.8, 4) is 0 Å². The second kappa shape index (κ2) is 6.90. The molecule has 0 N–H and O–H groups in total. The van der Waals surface area contributed by atoms with Crippen molar-refractivity contribution in [3.05, 3.63) is 24.2 Å². The van der Waals surface area contributed by atoms with Gasteiger partial charge in [-0.1, -0.05) is 13.8 Å². The van der Waals surface area contributed by atoms with Crippen LogP contribution in [0.15, 0.2) is 18.5 Å². The van der Waals surface area contributed by atoms with E-state index in [0.29, 0.717) is 18.4 Å². The molecule has 0 saturated carbocycles. The predicted molar refractivity (Wildman–Crippen MR) is 81.9 cm³/mol. The third-order valence-electron chi connectivity index (χ3n) is 3.20. The zero-order valence-electron chi connectivity index (χ0n) is 12.2. The monoisotopic (exact) mass is 296 g/mol. The van der Waals surface area contributed by atoms with Crippen LogP contribution in [0.5, 0.6) is 0 Å². The number of anilines is 1. The Hall–Kier alpha value is -1.33. The molecule has 0 atom stereocenters. The fraction of sp³-hybridized carbons (Fsp3) is 0.571. The molecule has 6 heteroatoms. The van der Waals surface area contributed by atoms with Crippen molar-refractivity contribution in [2.24, 2.45) is 0 Å². The van der Waals surface area contributed by atoms with E-state index in [9.17, 15) is 0 Å². The van der Waals surface area contributed by atoms with Crippen molar-refractivity contribution in [1.29, 1.82) is 0 Å². The molecule has 0 aliphatic heterocycles. The van der Waals surface area contributed by atoms with Crippen LogP contribution in [-0.4, -0.2) is 47.3 Å². The first kappa shape index (κ1) is 15.1. The summed E-state index contributed by atoms with van der Waals surface area (Å²) in [6.07, 6.45) is 3.65. The van der Waals surface area contributed by atoms with Gasteiger partial charge in [-0.3, -0.25) is 0 Å². The van der Waals surface area contributed by atoms with Crippen LogP contribution in [0.2, 0.25) is 0 Å². The largest absolute Gasteiger partial charge is 0.383 e. The van der Waals surface area contributed by atoms with E-state index in [1.807, 2.05) is 10.7 Å². The summed E-state index contributed by atoms with van der Waals surface area (Å²) in [4.78, 5) is 6.64. The normalized spacial score (nSPS) is 11.4. The van der Waals surface area contributed by atoms with E-state index >= 15 is 0 Å². The quantitative estimate of drug-likeness (QED) is 0.737. The molecule has 2 heterocycles. The third-order valence-corrected chi connectivity index (χ3v) is 3.37. The van der Waals surface area contributed by atoms with E-state index in [0.717, 1.165) is 30.1 Å². The highest BCUT2D eigenvalue weighted by atomic mass is 35.5. The van der Waals surface area contributed by atoms with E-state index in [1.165, 1.54) is 0 Å². The van der Waals surface area contributed by atoms with Gasteiger partial charge in [-0.25, -0.2) is 9.50 Å². The molecule has 0 spiro atoms. The number of halogens is 1. The minimum atomic E-state index is 0.392. The van der Waals surface area contributed by atoms with Crippen molar-refractivity contribution in [2.75, 3.05) is 37.6 Å². The number of methoxy groups -OCH3 is 1. The van der Waals surface area contributed by atoms with Crippen molar-refractivity contribution in [1.82, 2.24) is 14.6 Å². The third kappa shape index (κ3) is 3.22. The minimum Gasteiger partial charge on any atom is -0.383 e. The Balaban J connectivity index is 2.39. The van der Waals surface area contributed by atoms with Gasteiger partial charge in [-0.15, -0.1) is 11.6 Å². The molecule has 5 nitrogen and oxygen atoms in total. The lowest BCUT2D eigenvalue weighted by molar-refractivity contribution is 0.205. The number of alkyl halides is 1. The second-order valence-corrected chi connectivity index (χ2v) is 5.35. The van der Waals surface area contributed by atoms with Crippen LogP contribution in [0.1, 0.15) is 25.5 Å². The average molecular weight is 297 g/mol. The molecule has 0 aliphatic carbocycles. The van der Waals surface area contributed by atoms with E-state index in [4.69, 9.17) is 16.3 Å². The zero-order chi connectivity index (χ0) is 14.5. The number of aromatic nitrogens is 3. The molecular formula is C14H21ClN4O. The first-order valence-electron chi connectivity index (χ1n) is 6.81. The number of fused-ring (bicyclic) bond motifs is 1.